The lowest BCUT2D eigenvalue weighted by Crippen LogP contribution is -2.02. The van der Waals surface area contributed by atoms with E-state index in [0.717, 1.165) is 13.1 Å². The lowest BCUT2D eigenvalue weighted by atomic mass is 10.2. The highest BCUT2D eigenvalue weighted by atomic mass is 35.5. The van der Waals surface area contributed by atoms with Crippen LogP contribution in [0.1, 0.15) is 5.56 Å². The molecule has 0 radical (unpaired) electrons. The standard InChI is InChI=1S/C9H10N2.ClH/c1-2-4-9-8(3-1)7-10-5-6-11-9;/h1-4,7,11H,5-6H2;1H. The van der Waals surface area contributed by atoms with Crippen LogP contribution in [0.15, 0.2) is 29.3 Å². The Bertz CT molecular complexity index is 284. The molecule has 1 heterocycles. The fourth-order valence-electron chi connectivity index (χ4n) is 1.19. The topological polar surface area (TPSA) is 24.4 Å². The molecule has 12 heavy (non-hydrogen) atoms. The summed E-state index contributed by atoms with van der Waals surface area (Å²) in [4.78, 5) is 4.22. The Kier molecular flexibility index (Phi) is 3.11. The van der Waals surface area contributed by atoms with E-state index < -0.39 is 0 Å². The molecule has 2 rings (SSSR count). The number of nitrogens with zero attached hydrogens (tertiary/aromatic N) is 1. The lowest BCUT2D eigenvalue weighted by molar-refractivity contribution is 1.04. The zero-order chi connectivity index (χ0) is 7.52. The van der Waals surface area contributed by atoms with E-state index in [0.29, 0.717) is 0 Å². The Hall–Kier alpha value is -1.02. The molecule has 0 unspecified atom stereocenters. The van der Waals surface area contributed by atoms with Crippen molar-refractivity contribution in [1.82, 2.24) is 0 Å². The first-order valence-corrected chi connectivity index (χ1v) is 3.79. The zero-order valence-corrected chi connectivity index (χ0v) is 7.47. The Balaban J connectivity index is 0.000000720. The van der Waals surface area contributed by atoms with Gasteiger partial charge in [0, 0.05) is 24.0 Å². The Morgan fingerprint density at radius 2 is 2.08 bits per heavy atom. The molecule has 0 spiro atoms. The van der Waals surface area contributed by atoms with Crippen LogP contribution in [-0.4, -0.2) is 19.3 Å². The molecule has 0 atom stereocenters. The van der Waals surface area contributed by atoms with Gasteiger partial charge in [0.1, 0.15) is 0 Å². The van der Waals surface area contributed by atoms with E-state index in [1.54, 1.807) is 0 Å². The highest BCUT2D eigenvalue weighted by Crippen LogP contribution is 2.13. The second kappa shape index (κ2) is 4.12. The minimum absolute atomic E-state index is 0. The highest BCUT2D eigenvalue weighted by molar-refractivity contribution is 5.88. The normalized spacial score (nSPS) is 13.7. The number of halogens is 1. The van der Waals surface area contributed by atoms with Crippen LogP contribution >= 0.6 is 12.4 Å². The van der Waals surface area contributed by atoms with Crippen molar-refractivity contribution >= 4 is 24.3 Å². The average Bonchev–Trinajstić information content (AvgIpc) is 2.28. The van der Waals surface area contributed by atoms with Crippen LogP contribution in [0.2, 0.25) is 0 Å². The summed E-state index contributed by atoms with van der Waals surface area (Å²) >= 11 is 0. The van der Waals surface area contributed by atoms with E-state index >= 15 is 0 Å². The van der Waals surface area contributed by atoms with Gasteiger partial charge in [0.15, 0.2) is 0 Å². The van der Waals surface area contributed by atoms with Gasteiger partial charge in [-0.15, -0.1) is 12.4 Å². The van der Waals surface area contributed by atoms with Gasteiger partial charge < -0.3 is 5.32 Å². The number of benzodiazepines with no additional fused rings is 1. The largest absolute Gasteiger partial charge is 0.383 e. The van der Waals surface area contributed by atoms with Gasteiger partial charge in [-0.3, -0.25) is 4.99 Å². The van der Waals surface area contributed by atoms with Crippen LogP contribution in [0.3, 0.4) is 0 Å². The van der Waals surface area contributed by atoms with Crippen LogP contribution in [-0.2, 0) is 0 Å². The summed E-state index contributed by atoms with van der Waals surface area (Å²) in [5.74, 6) is 0. The number of benzene rings is 1. The summed E-state index contributed by atoms with van der Waals surface area (Å²) in [5, 5.41) is 3.30. The molecule has 0 fully saturated rings. The van der Waals surface area contributed by atoms with Gasteiger partial charge in [-0.1, -0.05) is 18.2 Å². The molecule has 1 N–H and O–H groups in total. The summed E-state index contributed by atoms with van der Waals surface area (Å²) < 4.78 is 0. The Morgan fingerprint density at radius 1 is 1.25 bits per heavy atom. The molecule has 1 aliphatic heterocycles. The van der Waals surface area contributed by atoms with Crippen molar-refractivity contribution in [3.63, 3.8) is 0 Å². The molecular formula is C9H11ClN2. The summed E-state index contributed by atoms with van der Waals surface area (Å²) in [6, 6.07) is 8.20. The van der Waals surface area contributed by atoms with E-state index in [1.807, 2.05) is 18.3 Å². The molecule has 1 aromatic carbocycles. The summed E-state index contributed by atoms with van der Waals surface area (Å²) in [5.41, 5.74) is 2.37. The summed E-state index contributed by atoms with van der Waals surface area (Å²) in [7, 11) is 0. The first-order chi connectivity index (χ1) is 5.47. The van der Waals surface area contributed by atoms with Crippen LogP contribution in [0, 0.1) is 0 Å². The number of hydrogen-bond donors (Lipinski definition) is 1. The van der Waals surface area contributed by atoms with E-state index in [9.17, 15) is 0 Å². The number of rotatable bonds is 0. The van der Waals surface area contributed by atoms with Crippen molar-refractivity contribution in [3.8, 4) is 0 Å². The maximum atomic E-state index is 4.22. The molecular weight excluding hydrogens is 172 g/mol. The molecule has 0 aromatic heterocycles. The van der Waals surface area contributed by atoms with Crippen molar-refractivity contribution in [2.75, 3.05) is 18.4 Å². The molecule has 3 heteroatoms. The van der Waals surface area contributed by atoms with Crippen molar-refractivity contribution < 1.29 is 0 Å². The van der Waals surface area contributed by atoms with Gasteiger partial charge in [0.2, 0.25) is 0 Å². The predicted octanol–water partition coefficient (Wildman–Crippen LogP) is 1.95. The van der Waals surface area contributed by atoms with E-state index in [2.05, 4.69) is 22.4 Å². The van der Waals surface area contributed by atoms with Gasteiger partial charge in [-0.2, -0.15) is 0 Å². The molecule has 0 saturated carbocycles. The van der Waals surface area contributed by atoms with E-state index in [4.69, 9.17) is 0 Å². The minimum Gasteiger partial charge on any atom is -0.383 e. The smallest absolute Gasteiger partial charge is 0.0562 e. The van der Waals surface area contributed by atoms with E-state index in [-0.39, 0.29) is 12.4 Å². The average molecular weight is 183 g/mol. The van der Waals surface area contributed by atoms with Crippen LogP contribution in [0.4, 0.5) is 5.69 Å². The van der Waals surface area contributed by atoms with Crippen LogP contribution in [0.5, 0.6) is 0 Å². The highest BCUT2D eigenvalue weighted by Gasteiger charge is 1.99. The molecule has 2 nitrogen and oxygen atoms in total. The van der Waals surface area contributed by atoms with Crippen LogP contribution in [0.25, 0.3) is 0 Å². The third-order valence-electron chi connectivity index (χ3n) is 1.75. The third kappa shape index (κ3) is 1.77. The fraction of sp³-hybridized carbons (Fsp3) is 0.222. The minimum atomic E-state index is 0. The second-order valence-corrected chi connectivity index (χ2v) is 2.55. The number of nitrogens with one attached hydrogen (secondary N) is 1. The van der Waals surface area contributed by atoms with Gasteiger partial charge in [-0.25, -0.2) is 0 Å². The fourth-order valence-corrected chi connectivity index (χ4v) is 1.19. The van der Waals surface area contributed by atoms with Crippen molar-refractivity contribution in [2.45, 2.75) is 0 Å². The van der Waals surface area contributed by atoms with Gasteiger partial charge >= 0.3 is 0 Å². The van der Waals surface area contributed by atoms with Crippen LogP contribution < -0.4 is 5.32 Å². The third-order valence-corrected chi connectivity index (χ3v) is 1.75. The molecule has 0 bridgehead atoms. The van der Waals surface area contributed by atoms with Gasteiger partial charge in [0.05, 0.1) is 6.54 Å². The van der Waals surface area contributed by atoms with Crippen molar-refractivity contribution in [2.24, 2.45) is 4.99 Å². The summed E-state index contributed by atoms with van der Waals surface area (Å²) in [6.07, 6.45) is 1.93. The predicted molar refractivity (Wildman–Crippen MR) is 54.6 cm³/mol. The Labute approximate surface area is 78.1 Å². The number of aliphatic imine (C=N–C) groups is 1. The monoisotopic (exact) mass is 182 g/mol. The van der Waals surface area contributed by atoms with Gasteiger partial charge in [0.25, 0.3) is 0 Å². The molecule has 1 aromatic rings. The summed E-state index contributed by atoms with van der Waals surface area (Å²) in [6.45, 7) is 1.81. The second-order valence-electron chi connectivity index (χ2n) is 2.55. The maximum absolute atomic E-state index is 4.22. The Morgan fingerprint density at radius 3 is 3.00 bits per heavy atom. The number of fused-ring (bicyclic) bond motifs is 1. The first-order valence-electron chi connectivity index (χ1n) is 3.79. The lowest BCUT2D eigenvalue weighted by Gasteiger charge is -2.03. The number of para-hydroxylation sites is 1. The molecule has 0 saturated heterocycles. The number of anilines is 1. The quantitative estimate of drug-likeness (QED) is 0.652. The first kappa shape index (κ1) is 9.07. The zero-order valence-electron chi connectivity index (χ0n) is 6.66. The van der Waals surface area contributed by atoms with E-state index in [1.165, 1.54) is 11.3 Å². The molecule has 1 aliphatic rings. The SMILES string of the molecule is C1=NCCNc2ccccc21.Cl. The van der Waals surface area contributed by atoms with Crippen molar-refractivity contribution in [3.05, 3.63) is 29.8 Å². The molecule has 0 aliphatic carbocycles. The molecule has 64 valence electrons. The number of hydrogen-bond acceptors (Lipinski definition) is 2. The maximum Gasteiger partial charge on any atom is 0.0562 e. The van der Waals surface area contributed by atoms with Gasteiger partial charge in [-0.05, 0) is 6.07 Å². The molecule has 0 amide bonds. The van der Waals surface area contributed by atoms with Crippen molar-refractivity contribution in [1.29, 1.82) is 0 Å².